The first kappa shape index (κ1) is 24.2. The van der Waals surface area contributed by atoms with Crippen LogP contribution in [0, 0.1) is 12.8 Å². The third-order valence-electron chi connectivity index (χ3n) is 6.03. The second-order valence-corrected chi connectivity index (χ2v) is 11.0. The molecule has 180 valence electrons. The molecule has 1 aliphatic rings. The van der Waals surface area contributed by atoms with E-state index in [-0.39, 0.29) is 28.6 Å². The van der Waals surface area contributed by atoms with Crippen molar-refractivity contribution in [2.75, 3.05) is 0 Å². The molecular formula is C26H29NO6S. The van der Waals surface area contributed by atoms with Gasteiger partial charge in [-0.15, -0.1) is 0 Å². The third kappa shape index (κ3) is 5.23. The van der Waals surface area contributed by atoms with Crippen LogP contribution in [-0.2, 0) is 27.7 Å². The fourth-order valence-corrected chi connectivity index (χ4v) is 5.51. The van der Waals surface area contributed by atoms with E-state index >= 15 is 0 Å². The van der Waals surface area contributed by atoms with Gasteiger partial charge in [-0.1, -0.05) is 31.5 Å². The molecule has 0 aliphatic heterocycles. The molecule has 34 heavy (non-hydrogen) atoms. The highest BCUT2D eigenvalue weighted by molar-refractivity contribution is 7.89. The number of carbonyl (C=O) groups excluding carboxylic acids is 1. The second kappa shape index (κ2) is 9.72. The van der Waals surface area contributed by atoms with Crippen LogP contribution in [0.15, 0.2) is 56.6 Å². The zero-order valence-electron chi connectivity index (χ0n) is 19.6. The van der Waals surface area contributed by atoms with Gasteiger partial charge in [0.1, 0.15) is 17.4 Å². The monoisotopic (exact) mass is 483 g/mol. The number of rotatable bonds is 7. The number of aryl methyl sites for hydroxylation is 2. The first-order chi connectivity index (χ1) is 16.1. The average Bonchev–Trinajstić information content (AvgIpc) is 2.78. The Bertz CT molecular complexity index is 1370. The van der Waals surface area contributed by atoms with Gasteiger partial charge in [0, 0.05) is 17.0 Å². The SMILES string of the molecule is Cc1ccc(S(=O)(=O)N[C@H](CC(C)C)C(=O)Oc2ccc3c4c(c(=O)oc3c2)CCCC4)cc1. The summed E-state index contributed by atoms with van der Waals surface area (Å²) in [6.45, 7) is 5.66. The summed E-state index contributed by atoms with van der Waals surface area (Å²) >= 11 is 0. The predicted molar refractivity (Wildman–Crippen MR) is 130 cm³/mol. The number of nitrogens with one attached hydrogen (secondary N) is 1. The lowest BCUT2D eigenvalue weighted by molar-refractivity contribution is -0.136. The average molecular weight is 484 g/mol. The Morgan fingerprint density at radius 2 is 1.74 bits per heavy atom. The van der Waals surface area contributed by atoms with Crippen LogP contribution in [0.3, 0.4) is 0 Å². The summed E-state index contributed by atoms with van der Waals surface area (Å²) in [6.07, 6.45) is 3.77. The first-order valence-corrected chi connectivity index (χ1v) is 13.0. The van der Waals surface area contributed by atoms with Crippen molar-refractivity contribution >= 4 is 27.0 Å². The van der Waals surface area contributed by atoms with E-state index in [2.05, 4.69) is 4.72 Å². The maximum atomic E-state index is 13.0. The van der Waals surface area contributed by atoms with E-state index in [1.54, 1.807) is 24.3 Å². The molecule has 1 heterocycles. The second-order valence-electron chi connectivity index (χ2n) is 9.25. The lowest BCUT2D eigenvalue weighted by Crippen LogP contribution is -2.43. The molecule has 0 radical (unpaired) electrons. The molecule has 0 saturated heterocycles. The normalized spacial score (nSPS) is 14.7. The van der Waals surface area contributed by atoms with Gasteiger partial charge >= 0.3 is 11.6 Å². The molecule has 3 aromatic rings. The molecule has 1 aromatic heterocycles. The van der Waals surface area contributed by atoms with E-state index in [0.29, 0.717) is 12.0 Å². The van der Waals surface area contributed by atoms with Crippen molar-refractivity contribution in [2.24, 2.45) is 5.92 Å². The van der Waals surface area contributed by atoms with Crippen molar-refractivity contribution in [3.05, 3.63) is 69.6 Å². The Balaban J connectivity index is 1.59. The van der Waals surface area contributed by atoms with Gasteiger partial charge in [-0.2, -0.15) is 4.72 Å². The maximum absolute atomic E-state index is 13.0. The van der Waals surface area contributed by atoms with Gasteiger partial charge in [0.15, 0.2) is 0 Å². The van der Waals surface area contributed by atoms with Crippen LogP contribution in [0.25, 0.3) is 11.0 Å². The van der Waals surface area contributed by atoms with Crippen LogP contribution in [0.1, 0.15) is 49.8 Å². The van der Waals surface area contributed by atoms with Crippen LogP contribution in [0.2, 0.25) is 0 Å². The molecule has 0 bridgehead atoms. The van der Waals surface area contributed by atoms with Gasteiger partial charge in [0.25, 0.3) is 0 Å². The minimum atomic E-state index is -3.92. The zero-order chi connectivity index (χ0) is 24.5. The molecule has 7 nitrogen and oxygen atoms in total. The number of hydrogen-bond acceptors (Lipinski definition) is 6. The predicted octanol–water partition coefficient (Wildman–Crippen LogP) is 4.28. The highest BCUT2D eigenvalue weighted by Crippen LogP contribution is 2.29. The number of sulfonamides is 1. The van der Waals surface area contributed by atoms with Crippen LogP contribution >= 0.6 is 0 Å². The molecule has 1 aliphatic carbocycles. The Kier molecular flexibility index (Phi) is 6.91. The maximum Gasteiger partial charge on any atom is 0.339 e. The van der Waals surface area contributed by atoms with Gasteiger partial charge in [0.05, 0.1) is 4.90 Å². The minimum Gasteiger partial charge on any atom is -0.425 e. The Morgan fingerprint density at radius 3 is 2.41 bits per heavy atom. The van der Waals surface area contributed by atoms with Gasteiger partial charge in [-0.3, -0.25) is 0 Å². The van der Waals surface area contributed by atoms with Gasteiger partial charge in [-0.05, 0) is 74.8 Å². The molecule has 0 unspecified atom stereocenters. The van der Waals surface area contributed by atoms with E-state index in [4.69, 9.17) is 9.15 Å². The quantitative estimate of drug-likeness (QED) is 0.306. The highest BCUT2D eigenvalue weighted by Gasteiger charge is 2.28. The highest BCUT2D eigenvalue weighted by atomic mass is 32.2. The van der Waals surface area contributed by atoms with Gasteiger partial charge in [-0.25, -0.2) is 18.0 Å². The summed E-state index contributed by atoms with van der Waals surface area (Å²) in [5, 5.41) is 0.841. The van der Waals surface area contributed by atoms with E-state index in [1.807, 2.05) is 20.8 Å². The summed E-state index contributed by atoms with van der Waals surface area (Å²) in [5.41, 5.74) is 2.66. The molecule has 2 aromatic carbocycles. The fourth-order valence-electron chi connectivity index (χ4n) is 4.31. The summed E-state index contributed by atoms with van der Waals surface area (Å²) in [4.78, 5) is 25.5. The molecule has 0 amide bonds. The topological polar surface area (TPSA) is 103 Å². The largest absolute Gasteiger partial charge is 0.425 e. The van der Waals surface area contributed by atoms with E-state index in [9.17, 15) is 18.0 Å². The van der Waals surface area contributed by atoms with Crippen molar-refractivity contribution in [1.82, 2.24) is 4.72 Å². The van der Waals surface area contributed by atoms with Crippen LogP contribution < -0.4 is 15.1 Å². The van der Waals surface area contributed by atoms with E-state index < -0.39 is 22.0 Å². The number of fused-ring (bicyclic) bond motifs is 3. The van der Waals surface area contributed by atoms with Crippen LogP contribution in [0.5, 0.6) is 5.75 Å². The summed E-state index contributed by atoms with van der Waals surface area (Å²) in [5.74, 6) is -0.483. The molecule has 4 rings (SSSR count). The fraction of sp³-hybridized carbons (Fsp3) is 0.385. The summed E-state index contributed by atoms with van der Waals surface area (Å²) < 4.78 is 39.3. The third-order valence-corrected chi connectivity index (χ3v) is 7.52. The molecule has 0 fully saturated rings. The summed E-state index contributed by atoms with van der Waals surface area (Å²) in [7, 11) is -3.92. The summed E-state index contributed by atoms with van der Waals surface area (Å²) in [6, 6.07) is 10.3. The number of esters is 1. The van der Waals surface area contributed by atoms with Crippen molar-refractivity contribution in [2.45, 2.75) is 63.8 Å². The molecule has 1 atom stereocenters. The molecule has 1 N–H and O–H groups in total. The number of ether oxygens (including phenoxy) is 1. The Hall–Kier alpha value is -2.97. The number of carbonyl (C=O) groups is 1. The van der Waals surface area contributed by atoms with Crippen molar-refractivity contribution < 1.29 is 22.4 Å². The Morgan fingerprint density at radius 1 is 1.06 bits per heavy atom. The van der Waals surface area contributed by atoms with E-state index in [0.717, 1.165) is 41.3 Å². The molecule has 0 saturated carbocycles. The van der Waals surface area contributed by atoms with Gasteiger partial charge in [0.2, 0.25) is 10.0 Å². The van der Waals surface area contributed by atoms with Crippen LogP contribution in [-0.4, -0.2) is 20.4 Å². The van der Waals surface area contributed by atoms with E-state index in [1.165, 1.54) is 18.2 Å². The van der Waals surface area contributed by atoms with Crippen molar-refractivity contribution in [1.29, 1.82) is 0 Å². The first-order valence-electron chi connectivity index (χ1n) is 11.5. The minimum absolute atomic E-state index is 0.0411. The van der Waals surface area contributed by atoms with Gasteiger partial charge < -0.3 is 9.15 Å². The Labute approximate surface area is 199 Å². The molecule has 0 spiro atoms. The van der Waals surface area contributed by atoms with Crippen LogP contribution in [0.4, 0.5) is 0 Å². The zero-order valence-corrected chi connectivity index (χ0v) is 20.4. The standard InChI is InChI=1S/C26H29NO6S/c1-16(2)14-23(27-34(30,31)19-11-8-17(3)9-12-19)26(29)32-18-10-13-21-20-6-4-5-7-22(20)25(28)33-24(21)15-18/h8-13,15-16,23,27H,4-7,14H2,1-3H3/t23-/m1/s1. The number of hydrogen-bond donors (Lipinski definition) is 1. The molecular weight excluding hydrogens is 454 g/mol. The lowest BCUT2D eigenvalue weighted by Gasteiger charge is -2.20. The van der Waals surface area contributed by atoms with Crippen molar-refractivity contribution in [3.8, 4) is 5.75 Å². The smallest absolute Gasteiger partial charge is 0.339 e. The lowest BCUT2D eigenvalue weighted by atomic mass is 9.91. The molecule has 8 heteroatoms. The van der Waals surface area contributed by atoms with Crippen molar-refractivity contribution in [3.63, 3.8) is 0 Å². The number of benzene rings is 2.